The first-order valence-electron chi connectivity index (χ1n) is 5.56. The lowest BCUT2D eigenvalue weighted by molar-refractivity contribution is -0.122. The Balaban J connectivity index is 2.07. The SMILES string of the molecule is Cc1cccc2c1CN1C(=N2)NC(=O)C1CO. The van der Waals surface area contributed by atoms with E-state index < -0.39 is 6.04 Å². The van der Waals surface area contributed by atoms with Gasteiger partial charge in [0.15, 0.2) is 0 Å². The molecule has 2 aliphatic rings. The fourth-order valence-corrected chi connectivity index (χ4v) is 2.29. The first-order valence-corrected chi connectivity index (χ1v) is 5.56. The number of aliphatic imine (C=N–C) groups is 1. The molecule has 2 N–H and O–H groups in total. The van der Waals surface area contributed by atoms with Crippen LogP contribution in [0.25, 0.3) is 0 Å². The van der Waals surface area contributed by atoms with Crippen molar-refractivity contribution in [3.63, 3.8) is 0 Å². The number of amides is 1. The zero-order chi connectivity index (χ0) is 12.0. The minimum Gasteiger partial charge on any atom is -0.394 e. The minimum absolute atomic E-state index is 0.184. The number of hydrogen-bond acceptors (Lipinski definition) is 4. The number of hydrogen-bond donors (Lipinski definition) is 2. The Morgan fingerprint density at radius 1 is 1.59 bits per heavy atom. The van der Waals surface area contributed by atoms with E-state index in [0.717, 1.165) is 16.8 Å². The summed E-state index contributed by atoms with van der Waals surface area (Å²) < 4.78 is 0. The van der Waals surface area contributed by atoms with Gasteiger partial charge in [0.2, 0.25) is 5.96 Å². The summed E-state index contributed by atoms with van der Waals surface area (Å²) in [5, 5.41) is 11.9. The maximum atomic E-state index is 11.6. The Morgan fingerprint density at radius 2 is 2.41 bits per heavy atom. The van der Waals surface area contributed by atoms with Crippen molar-refractivity contribution in [1.82, 2.24) is 10.2 Å². The molecule has 0 bridgehead atoms. The van der Waals surface area contributed by atoms with Gasteiger partial charge in [-0.2, -0.15) is 0 Å². The van der Waals surface area contributed by atoms with Gasteiger partial charge in [-0.3, -0.25) is 10.1 Å². The molecule has 5 heteroatoms. The first-order chi connectivity index (χ1) is 8.20. The van der Waals surface area contributed by atoms with Crippen LogP contribution in [0.4, 0.5) is 5.69 Å². The third-order valence-electron chi connectivity index (χ3n) is 3.30. The summed E-state index contributed by atoms with van der Waals surface area (Å²) in [6.07, 6.45) is 0. The van der Waals surface area contributed by atoms with Gasteiger partial charge < -0.3 is 10.0 Å². The van der Waals surface area contributed by atoms with Crippen LogP contribution in [0.3, 0.4) is 0 Å². The number of aliphatic hydroxyl groups is 1. The van der Waals surface area contributed by atoms with Gasteiger partial charge in [-0.15, -0.1) is 0 Å². The van der Waals surface area contributed by atoms with Crippen LogP contribution in [-0.4, -0.2) is 34.5 Å². The quantitative estimate of drug-likeness (QED) is 0.730. The summed E-state index contributed by atoms with van der Waals surface area (Å²) in [7, 11) is 0. The average Bonchev–Trinajstić information content (AvgIpc) is 2.61. The van der Waals surface area contributed by atoms with Gasteiger partial charge in [0.05, 0.1) is 12.3 Å². The number of carbonyl (C=O) groups is 1. The molecule has 1 unspecified atom stereocenters. The highest BCUT2D eigenvalue weighted by atomic mass is 16.3. The molecule has 0 saturated carbocycles. The van der Waals surface area contributed by atoms with E-state index in [-0.39, 0.29) is 12.5 Å². The number of benzene rings is 1. The van der Waals surface area contributed by atoms with Crippen molar-refractivity contribution >= 4 is 17.6 Å². The van der Waals surface area contributed by atoms with Crippen molar-refractivity contribution in [1.29, 1.82) is 0 Å². The lowest BCUT2D eigenvalue weighted by Crippen LogP contribution is -2.39. The van der Waals surface area contributed by atoms with E-state index in [4.69, 9.17) is 0 Å². The molecule has 0 spiro atoms. The molecule has 1 aromatic carbocycles. The number of carbonyl (C=O) groups excluding carboxylic acids is 1. The second-order valence-electron chi connectivity index (χ2n) is 4.32. The highest BCUT2D eigenvalue weighted by Crippen LogP contribution is 2.30. The molecule has 88 valence electrons. The van der Waals surface area contributed by atoms with Crippen LogP contribution in [0.5, 0.6) is 0 Å². The van der Waals surface area contributed by atoms with Crippen molar-refractivity contribution < 1.29 is 9.90 Å². The van der Waals surface area contributed by atoms with Crippen LogP contribution in [0.2, 0.25) is 0 Å². The summed E-state index contributed by atoms with van der Waals surface area (Å²) in [4.78, 5) is 17.8. The Bertz CT molecular complexity index is 524. The predicted octanol–water partition coefficient (Wildman–Crippen LogP) is 0.289. The third kappa shape index (κ3) is 1.43. The van der Waals surface area contributed by atoms with Crippen LogP contribution in [0.1, 0.15) is 11.1 Å². The monoisotopic (exact) mass is 231 g/mol. The molecular weight excluding hydrogens is 218 g/mol. The van der Waals surface area contributed by atoms with E-state index in [1.54, 1.807) is 0 Å². The van der Waals surface area contributed by atoms with Crippen molar-refractivity contribution in [2.75, 3.05) is 6.61 Å². The van der Waals surface area contributed by atoms with E-state index >= 15 is 0 Å². The summed E-state index contributed by atoms with van der Waals surface area (Å²) in [6, 6.07) is 5.40. The van der Waals surface area contributed by atoms with Gasteiger partial charge in [0, 0.05) is 12.1 Å². The molecule has 0 aromatic heterocycles. The Kier molecular flexibility index (Phi) is 2.16. The number of fused-ring (bicyclic) bond motifs is 2. The smallest absolute Gasteiger partial charge is 0.251 e. The molecule has 3 rings (SSSR count). The van der Waals surface area contributed by atoms with Crippen molar-refractivity contribution in [3.05, 3.63) is 29.3 Å². The lowest BCUT2D eigenvalue weighted by Gasteiger charge is -2.27. The molecule has 0 radical (unpaired) electrons. The molecular formula is C12H13N3O2. The first kappa shape index (κ1) is 10.3. The number of rotatable bonds is 1. The normalized spacial score (nSPS) is 21.8. The molecule has 1 saturated heterocycles. The number of nitrogens with zero attached hydrogens (tertiary/aromatic N) is 2. The highest BCUT2D eigenvalue weighted by molar-refractivity contribution is 6.07. The second kappa shape index (κ2) is 3.56. The van der Waals surface area contributed by atoms with Gasteiger partial charge in [-0.25, -0.2) is 4.99 Å². The van der Waals surface area contributed by atoms with Crippen LogP contribution in [-0.2, 0) is 11.3 Å². The fraction of sp³-hybridized carbons (Fsp3) is 0.333. The molecule has 17 heavy (non-hydrogen) atoms. The van der Waals surface area contributed by atoms with Crippen molar-refractivity contribution in [2.45, 2.75) is 19.5 Å². The van der Waals surface area contributed by atoms with E-state index in [2.05, 4.69) is 10.3 Å². The Morgan fingerprint density at radius 3 is 3.18 bits per heavy atom. The molecule has 1 fully saturated rings. The molecule has 1 aromatic rings. The largest absolute Gasteiger partial charge is 0.394 e. The molecule has 0 aliphatic carbocycles. The molecule has 2 aliphatic heterocycles. The van der Waals surface area contributed by atoms with Crippen molar-refractivity contribution in [2.24, 2.45) is 4.99 Å². The summed E-state index contributed by atoms with van der Waals surface area (Å²) in [5.74, 6) is 0.365. The lowest BCUT2D eigenvalue weighted by atomic mass is 10.0. The van der Waals surface area contributed by atoms with Crippen LogP contribution < -0.4 is 5.32 Å². The standard InChI is InChI=1S/C12H13N3O2/c1-7-3-2-4-9-8(7)5-15-10(6-16)11(17)14-12(15)13-9/h2-4,10,16H,5-6H2,1H3,(H,13,14,17). The summed E-state index contributed by atoms with van der Waals surface area (Å²) >= 11 is 0. The van der Waals surface area contributed by atoms with Gasteiger partial charge in [0.1, 0.15) is 6.04 Å². The third-order valence-corrected chi connectivity index (χ3v) is 3.30. The van der Waals surface area contributed by atoms with E-state index in [0.29, 0.717) is 12.5 Å². The van der Waals surface area contributed by atoms with Gasteiger partial charge in [-0.1, -0.05) is 12.1 Å². The number of aryl methyl sites for hydroxylation is 1. The van der Waals surface area contributed by atoms with Gasteiger partial charge in [-0.05, 0) is 18.6 Å². The van der Waals surface area contributed by atoms with E-state index in [9.17, 15) is 9.90 Å². The number of nitrogens with one attached hydrogen (secondary N) is 1. The zero-order valence-electron chi connectivity index (χ0n) is 9.47. The van der Waals surface area contributed by atoms with Gasteiger partial charge in [0.25, 0.3) is 5.91 Å². The predicted molar refractivity (Wildman–Crippen MR) is 62.8 cm³/mol. The Labute approximate surface area is 98.8 Å². The fourth-order valence-electron chi connectivity index (χ4n) is 2.29. The van der Waals surface area contributed by atoms with Crippen molar-refractivity contribution in [3.8, 4) is 0 Å². The Hall–Kier alpha value is -1.88. The summed E-state index contributed by atoms with van der Waals surface area (Å²) in [6.45, 7) is 2.45. The van der Waals surface area contributed by atoms with Crippen LogP contribution >= 0.6 is 0 Å². The maximum absolute atomic E-state index is 11.6. The second-order valence-corrected chi connectivity index (χ2v) is 4.32. The molecule has 1 amide bonds. The molecule has 1 atom stereocenters. The topological polar surface area (TPSA) is 64.9 Å². The number of guanidine groups is 1. The summed E-state index contributed by atoms with van der Waals surface area (Å²) in [5.41, 5.74) is 3.17. The van der Waals surface area contributed by atoms with Gasteiger partial charge >= 0.3 is 0 Å². The average molecular weight is 231 g/mol. The molecule has 2 heterocycles. The molecule has 5 nitrogen and oxygen atoms in total. The highest BCUT2D eigenvalue weighted by Gasteiger charge is 2.38. The number of aliphatic hydroxyl groups excluding tert-OH is 1. The van der Waals surface area contributed by atoms with Crippen LogP contribution in [0, 0.1) is 6.92 Å². The minimum atomic E-state index is -0.512. The van der Waals surface area contributed by atoms with E-state index in [1.807, 2.05) is 30.0 Å². The van der Waals surface area contributed by atoms with E-state index in [1.165, 1.54) is 0 Å². The van der Waals surface area contributed by atoms with Crippen LogP contribution in [0.15, 0.2) is 23.2 Å². The zero-order valence-corrected chi connectivity index (χ0v) is 9.47. The maximum Gasteiger partial charge on any atom is 0.251 e.